The zero-order valence-electron chi connectivity index (χ0n) is 17.4. The number of hydrogen-bond donors (Lipinski definition) is 0. The number of benzene rings is 1. The van der Waals surface area contributed by atoms with Crippen molar-refractivity contribution >= 4 is 27.5 Å². The van der Waals surface area contributed by atoms with E-state index in [0.717, 1.165) is 37.1 Å². The molecule has 0 saturated heterocycles. The van der Waals surface area contributed by atoms with E-state index in [4.69, 9.17) is 4.98 Å². The van der Waals surface area contributed by atoms with Crippen LogP contribution in [0.4, 0.5) is 8.78 Å². The number of nitrogens with zero attached hydrogens (tertiary/aromatic N) is 3. The number of rotatable bonds is 5. The molecule has 1 amide bonds. The molecule has 164 valence electrons. The number of ether oxygens (including phenoxy) is 1. The summed E-state index contributed by atoms with van der Waals surface area (Å²) in [6, 6.07) is 6.18. The summed E-state index contributed by atoms with van der Waals surface area (Å²) < 4.78 is 30.7. The molecule has 9 heteroatoms. The number of aromatic nitrogens is 2. The van der Waals surface area contributed by atoms with Crippen molar-refractivity contribution < 1.29 is 18.3 Å². The lowest BCUT2D eigenvalue weighted by Crippen LogP contribution is -2.26. The van der Waals surface area contributed by atoms with Gasteiger partial charge < -0.3 is 9.64 Å². The van der Waals surface area contributed by atoms with Crippen molar-refractivity contribution in [3.05, 3.63) is 56.4 Å². The fourth-order valence-corrected chi connectivity index (χ4v) is 5.09. The molecule has 0 atom stereocenters. The largest absolute Gasteiger partial charge is 0.435 e. The van der Waals surface area contributed by atoms with Gasteiger partial charge in [0.15, 0.2) is 0 Å². The Morgan fingerprint density at radius 3 is 2.71 bits per heavy atom. The summed E-state index contributed by atoms with van der Waals surface area (Å²) in [6.45, 7) is -0.118. The average Bonchev–Trinajstić information content (AvgIpc) is 2.89. The molecule has 31 heavy (non-hydrogen) atoms. The molecule has 2 aromatic heterocycles. The maximum Gasteiger partial charge on any atom is 0.387 e. The monoisotopic (exact) mass is 447 g/mol. The van der Waals surface area contributed by atoms with Gasteiger partial charge in [0, 0.05) is 26.6 Å². The van der Waals surface area contributed by atoms with Crippen LogP contribution >= 0.6 is 11.3 Å². The second kappa shape index (κ2) is 8.74. The van der Waals surface area contributed by atoms with Crippen molar-refractivity contribution in [1.29, 1.82) is 0 Å². The van der Waals surface area contributed by atoms with Crippen molar-refractivity contribution in [2.24, 2.45) is 0 Å². The maximum atomic E-state index is 13.1. The Hall–Kier alpha value is -2.81. The Morgan fingerprint density at radius 2 is 2.00 bits per heavy atom. The summed E-state index contributed by atoms with van der Waals surface area (Å²) >= 11 is 1.25. The van der Waals surface area contributed by atoms with E-state index in [2.05, 4.69) is 4.74 Å². The fraction of sp³-hybridized carbons (Fsp3) is 0.409. The van der Waals surface area contributed by atoms with Crippen LogP contribution in [-0.2, 0) is 19.5 Å². The van der Waals surface area contributed by atoms with Crippen LogP contribution in [0.5, 0.6) is 5.75 Å². The molecule has 1 aromatic carbocycles. The van der Waals surface area contributed by atoms with E-state index in [9.17, 15) is 18.4 Å². The molecule has 0 bridgehead atoms. The predicted molar refractivity (Wildman–Crippen MR) is 115 cm³/mol. The van der Waals surface area contributed by atoms with E-state index in [1.54, 1.807) is 35.6 Å². The molecule has 0 N–H and O–H groups in total. The lowest BCUT2D eigenvalue weighted by atomic mass is 10.1. The molecule has 1 aliphatic rings. The zero-order valence-corrected chi connectivity index (χ0v) is 18.2. The summed E-state index contributed by atoms with van der Waals surface area (Å²) in [5.74, 6) is 0.669. The predicted octanol–water partition coefficient (Wildman–Crippen LogP) is 4.37. The normalized spacial score (nSPS) is 13.8. The van der Waals surface area contributed by atoms with Gasteiger partial charge in [0.2, 0.25) is 0 Å². The number of carbonyl (C=O) groups excluding carboxylic acids is 1. The van der Waals surface area contributed by atoms with Crippen LogP contribution in [0.2, 0.25) is 0 Å². The lowest BCUT2D eigenvalue weighted by molar-refractivity contribution is -0.0498. The van der Waals surface area contributed by atoms with E-state index < -0.39 is 6.61 Å². The third-order valence-corrected chi connectivity index (χ3v) is 6.69. The number of fused-ring (bicyclic) bond motifs is 2. The number of aryl methyl sites for hydroxylation is 2. The first-order valence-corrected chi connectivity index (χ1v) is 11.0. The third-order valence-electron chi connectivity index (χ3n) is 5.52. The van der Waals surface area contributed by atoms with E-state index in [1.807, 2.05) is 0 Å². The summed E-state index contributed by atoms with van der Waals surface area (Å²) in [6.07, 6.45) is 3.83. The number of alkyl halides is 2. The second-order valence-corrected chi connectivity index (χ2v) is 8.71. The minimum atomic E-state index is -2.88. The van der Waals surface area contributed by atoms with Crippen molar-refractivity contribution in [3.63, 3.8) is 0 Å². The number of carbonyl (C=O) groups is 1. The number of halogens is 2. The first kappa shape index (κ1) is 21.4. The second-order valence-electron chi connectivity index (χ2n) is 7.72. The van der Waals surface area contributed by atoms with Crippen LogP contribution in [0, 0.1) is 6.92 Å². The highest BCUT2D eigenvalue weighted by atomic mass is 32.1. The minimum Gasteiger partial charge on any atom is -0.435 e. The van der Waals surface area contributed by atoms with Crippen LogP contribution in [0.25, 0.3) is 10.2 Å². The van der Waals surface area contributed by atoms with E-state index in [1.165, 1.54) is 23.5 Å². The molecule has 1 aliphatic heterocycles. The number of hydrogen-bond acceptors (Lipinski definition) is 5. The Labute approximate surface area is 182 Å². The Bertz CT molecular complexity index is 1170. The molecule has 0 radical (unpaired) electrons. The van der Waals surface area contributed by atoms with Gasteiger partial charge in [-0.1, -0.05) is 18.6 Å². The van der Waals surface area contributed by atoms with Crippen molar-refractivity contribution in [2.45, 2.75) is 52.3 Å². The average molecular weight is 448 g/mol. The Morgan fingerprint density at radius 1 is 1.26 bits per heavy atom. The molecule has 4 rings (SSSR count). The Kier molecular flexibility index (Phi) is 6.04. The Balaban J connectivity index is 1.59. The van der Waals surface area contributed by atoms with Gasteiger partial charge in [-0.3, -0.25) is 14.2 Å². The SMILES string of the molecule is Cc1c(C(=O)N(C)Cc2ccc(OC(F)F)cc2)sc2nc3n(c(=O)c12)CCCCC3. The smallest absolute Gasteiger partial charge is 0.387 e. The van der Waals surface area contributed by atoms with Gasteiger partial charge in [0.25, 0.3) is 11.5 Å². The summed E-state index contributed by atoms with van der Waals surface area (Å²) in [4.78, 5) is 33.6. The van der Waals surface area contributed by atoms with Crippen molar-refractivity contribution in [1.82, 2.24) is 14.5 Å². The molecular formula is C22H23F2N3O3S. The zero-order chi connectivity index (χ0) is 22.1. The van der Waals surface area contributed by atoms with Crippen molar-refractivity contribution in [2.75, 3.05) is 7.05 Å². The maximum absolute atomic E-state index is 13.1. The van der Waals surface area contributed by atoms with Gasteiger partial charge in [-0.2, -0.15) is 8.78 Å². The summed E-state index contributed by atoms with van der Waals surface area (Å²) in [5, 5.41) is 0.529. The lowest BCUT2D eigenvalue weighted by Gasteiger charge is -2.17. The van der Waals surface area contributed by atoms with Crippen molar-refractivity contribution in [3.8, 4) is 5.75 Å². The summed E-state index contributed by atoms with van der Waals surface area (Å²) in [7, 11) is 1.67. The van der Waals surface area contributed by atoms with Gasteiger partial charge in [0.05, 0.1) is 10.3 Å². The highest BCUT2D eigenvalue weighted by Gasteiger charge is 2.24. The van der Waals surface area contributed by atoms with Crippen LogP contribution in [0.1, 0.15) is 45.9 Å². The molecule has 3 aromatic rings. The highest BCUT2D eigenvalue weighted by molar-refractivity contribution is 7.20. The van der Waals surface area contributed by atoms with Gasteiger partial charge in [0.1, 0.15) is 16.4 Å². The molecule has 0 unspecified atom stereocenters. The van der Waals surface area contributed by atoms with Gasteiger partial charge in [-0.25, -0.2) is 4.98 Å². The van der Waals surface area contributed by atoms with Crippen LogP contribution in [-0.4, -0.2) is 34.0 Å². The quantitative estimate of drug-likeness (QED) is 0.583. The van der Waals surface area contributed by atoms with E-state index in [0.29, 0.717) is 33.7 Å². The topological polar surface area (TPSA) is 64.4 Å². The van der Waals surface area contributed by atoms with Crippen LogP contribution in [0.3, 0.4) is 0 Å². The molecule has 3 heterocycles. The number of amides is 1. The minimum absolute atomic E-state index is 0.0630. The third kappa shape index (κ3) is 4.32. The molecular weight excluding hydrogens is 424 g/mol. The highest BCUT2D eigenvalue weighted by Crippen LogP contribution is 2.29. The standard InChI is InChI=1S/C22H23F2N3O3S/c1-13-17-19(25-16-6-4-3-5-11-27(16)20(17)28)31-18(13)21(29)26(2)12-14-7-9-15(10-8-14)30-22(23)24/h7-10,22H,3-6,11-12H2,1-2H3. The first-order valence-electron chi connectivity index (χ1n) is 10.2. The molecule has 0 saturated carbocycles. The fourth-order valence-electron chi connectivity index (χ4n) is 3.91. The van der Waals surface area contributed by atoms with Gasteiger partial charge in [-0.05, 0) is 43.0 Å². The van der Waals surface area contributed by atoms with Gasteiger partial charge in [-0.15, -0.1) is 11.3 Å². The molecule has 0 aliphatic carbocycles. The van der Waals surface area contributed by atoms with Crippen LogP contribution < -0.4 is 10.3 Å². The molecule has 6 nitrogen and oxygen atoms in total. The number of thiophene rings is 1. The van der Waals surface area contributed by atoms with Gasteiger partial charge >= 0.3 is 6.61 Å². The molecule has 0 fully saturated rings. The molecule has 0 spiro atoms. The van der Waals surface area contributed by atoms with E-state index >= 15 is 0 Å². The van der Waals surface area contributed by atoms with E-state index in [-0.39, 0.29) is 17.2 Å². The van der Waals surface area contributed by atoms with Crippen LogP contribution in [0.15, 0.2) is 29.1 Å². The summed E-state index contributed by atoms with van der Waals surface area (Å²) in [5.41, 5.74) is 1.38. The first-order chi connectivity index (χ1) is 14.8.